The minimum absolute atomic E-state index is 0.0912. The third-order valence-corrected chi connectivity index (χ3v) is 5.65. The summed E-state index contributed by atoms with van der Waals surface area (Å²) in [7, 11) is 1.48. The molecule has 0 unspecified atom stereocenters. The van der Waals surface area contributed by atoms with E-state index in [0.29, 0.717) is 44.8 Å². The van der Waals surface area contributed by atoms with Gasteiger partial charge in [0.05, 0.1) is 18.2 Å². The first-order valence-electron chi connectivity index (χ1n) is 10.2. The summed E-state index contributed by atoms with van der Waals surface area (Å²) in [5.74, 6) is 0.0118. The number of benzene rings is 2. The fourth-order valence-corrected chi connectivity index (χ4v) is 3.76. The van der Waals surface area contributed by atoms with Gasteiger partial charge < -0.3 is 20.9 Å². The minimum atomic E-state index is -1.29. The Labute approximate surface area is 185 Å². The van der Waals surface area contributed by atoms with Crippen molar-refractivity contribution < 1.29 is 19.0 Å². The maximum atomic E-state index is 14.7. The molecule has 1 heterocycles. The Balaban J connectivity index is 1.88. The van der Waals surface area contributed by atoms with E-state index in [-0.39, 0.29) is 17.3 Å². The normalized spacial score (nSPS) is 13.8. The van der Waals surface area contributed by atoms with E-state index in [9.17, 15) is 14.3 Å². The number of nitrogens with zero attached hydrogens (tertiary/aromatic N) is 2. The quantitative estimate of drug-likeness (QED) is 0.481. The van der Waals surface area contributed by atoms with Crippen molar-refractivity contribution in [3.63, 3.8) is 0 Å². The Morgan fingerprint density at radius 2 is 2.00 bits per heavy atom. The van der Waals surface area contributed by atoms with E-state index in [4.69, 9.17) is 10.5 Å². The van der Waals surface area contributed by atoms with Gasteiger partial charge in [0, 0.05) is 33.8 Å². The number of fused-ring (bicyclic) bond motifs is 1. The predicted molar refractivity (Wildman–Crippen MR) is 121 cm³/mol. The number of nitrogens with one attached hydrogen (secondary N) is 1. The maximum absolute atomic E-state index is 14.7. The van der Waals surface area contributed by atoms with Crippen LogP contribution in [0, 0.1) is 5.82 Å². The molecule has 0 radical (unpaired) electrons. The van der Waals surface area contributed by atoms with Gasteiger partial charge in [0.2, 0.25) is 5.91 Å². The number of aromatic nitrogens is 2. The van der Waals surface area contributed by atoms with Crippen molar-refractivity contribution in [1.29, 1.82) is 0 Å². The molecule has 4 N–H and O–H groups in total. The van der Waals surface area contributed by atoms with Crippen LogP contribution in [0.1, 0.15) is 49.3 Å². The highest BCUT2D eigenvalue weighted by Gasteiger charge is 2.30. The summed E-state index contributed by atoms with van der Waals surface area (Å²) in [6.07, 6.45) is 3.27. The Morgan fingerprint density at radius 3 is 2.59 bits per heavy atom. The molecular formula is C24H25FN4O3. The number of ether oxygens (including phenoxy) is 1. The topological polar surface area (TPSA) is 110 Å². The second-order valence-electron chi connectivity index (χ2n) is 8.51. The van der Waals surface area contributed by atoms with Crippen molar-refractivity contribution in [3.8, 4) is 5.75 Å². The molecule has 166 valence electrons. The summed E-state index contributed by atoms with van der Waals surface area (Å²) < 4.78 is 20.1. The molecule has 0 aliphatic heterocycles. The number of amides is 1. The van der Waals surface area contributed by atoms with Gasteiger partial charge >= 0.3 is 0 Å². The third-order valence-electron chi connectivity index (χ3n) is 5.65. The lowest BCUT2D eigenvalue weighted by Crippen LogP contribution is -2.18. The first-order valence-corrected chi connectivity index (χ1v) is 10.2. The van der Waals surface area contributed by atoms with Crippen LogP contribution in [0.25, 0.3) is 16.5 Å². The molecule has 3 aromatic rings. The zero-order valence-electron chi connectivity index (χ0n) is 18.2. The SMILES string of the molecule is C=C(C(N)=O)c1cc2c(Nc3cc(C4CC4)c(F)cc3C(C)(C)O)ncnc2cc1OC. The summed E-state index contributed by atoms with van der Waals surface area (Å²) in [5, 5.41) is 14.5. The minimum Gasteiger partial charge on any atom is -0.496 e. The van der Waals surface area contributed by atoms with E-state index in [1.165, 1.54) is 19.5 Å². The molecule has 8 heteroatoms. The van der Waals surface area contributed by atoms with Crippen LogP contribution in [0.3, 0.4) is 0 Å². The molecule has 1 fully saturated rings. The van der Waals surface area contributed by atoms with Crippen LogP contribution >= 0.6 is 0 Å². The molecule has 2 aromatic carbocycles. The van der Waals surface area contributed by atoms with Gasteiger partial charge in [0.25, 0.3) is 0 Å². The van der Waals surface area contributed by atoms with Crippen molar-refractivity contribution in [2.45, 2.75) is 38.2 Å². The molecule has 0 atom stereocenters. The summed E-state index contributed by atoms with van der Waals surface area (Å²) >= 11 is 0. The first-order chi connectivity index (χ1) is 15.1. The standard InChI is InChI=1S/C24H25FN4O3/c1-12(22(26)30)14-7-16-19(10-21(14)32-4)27-11-28-23(16)29-20-8-15(13-5-6-13)18(25)9-17(20)24(2,3)31/h7-11,13,31H,1,5-6H2,2-4H3,(H2,26,30)(H,27,28,29). The summed E-state index contributed by atoms with van der Waals surface area (Å²) in [6, 6.07) is 6.46. The number of methoxy groups -OCH3 is 1. The highest BCUT2D eigenvalue weighted by Crippen LogP contribution is 2.44. The smallest absolute Gasteiger partial charge is 0.248 e. The fourth-order valence-electron chi connectivity index (χ4n) is 3.76. The fraction of sp³-hybridized carbons (Fsp3) is 0.292. The third kappa shape index (κ3) is 4.01. The molecule has 1 aromatic heterocycles. The molecule has 1 amide bonds. The second-order valence-corrected chi connectivity index (χ2v) is 8.51. The summed E-state index contributed by atoms with van der Waals surface area (Å²) in [5.41, 5.74) is 6.78. The van der Waals surface area contributed by atoms with Gasteiger partial charge in [0.15, 0.2) is 0 Å². The van der Waals surface area contributed by atoms with E-state index in [1.54, 1.807) is 32.0 Å². The molecule has 7 nitrogen and oxygen atoms in total. The van der Waals surface area contributed by atoms with Gasteiger partial charge in [-0.2, -0.15) is 0 Å². The monoisotopic (exact) mass is 436 g/mol. The Hall–Kier alpha value is -3.52. The predicted octanol–water partition coefficient (Wildman–Crippen LogP) is 4.12. The van der Waals surface area contributed by atoms with Crippen molar-refractivity contribution in [2.24, 2.45) is 5.73 Å². The Bertz CT molecular complexity index is 1250. The summed E-state index contributed by atoms with van der Waals surface area (Å²) in [6.45, 7) is 6.95. The number of hydrogen-bond donors (Lipinski definition) is 3. The van der Waals surface area contributed by atoms with E-state index in [1.807, 2.05) is 0 Å². The lowest BCUT2D eigenvalue weighted by molar-refractivity contribution is -0.112. The maximum Gasteiger partial charge on any atom is 0.248 e. The highest BCUT2D eigenvalue weighted by molar-refractivity contribution is 6.19. The molecule has 32 heavy (non-hydrogen) atoms. The molecule has 1 aliphatic rings. The zero-order chi connectivity index (χ0) is 23.2. The van der Waals surface area contributed by atoms with Crippen LogP contribution < -0.4 is 15.8 Å². The zero-order valence-corrected chi connectivity index (χ0v) is 18.2. The number of rotatable bonds is 7. The van der Waals surface area contributed by atoms with E-state index < -0.39 is 11.5 Å². The molecular weight excluding hydrogens is 411 g/mol. The highest BCUT2D eigenvalue weighted by atomic mass is 19.1. The van der Waals surface area contributed by atoms with Crippen molar-refractivity contribution >= 4 is 33.9 Å². The number of halogens is 1. The molecule has 1 saturated carbocycles. The number of primary amides is 1. The number of nitrogens with two attached hydrogens (primary N) is 1. The molecule has 0 saturated heterocycles. The van der Waals surface area contributed by atoms with Crippen LogP contribution in [0.4, 0.5) is 15.9 Å². The number of carbonyl (C=O) groups is 1. The number of hydrogen-bond acceptors (Lipinski definition) is 6. The molecule has 1 aliphatic carbocycles. The average molecular weight is 436 g/mol. The van der Waals surface area contributed by atoms with Crippen LogP contribution in [0.5, 0.6) is 5.75 Å². The largest absolute Gasteiger partial charge is 0.496 e. The van der Waals surface area contributed by atoms with Crippen LogP contribution in [0.2, 0.25) is 0 Å². The first kappa shape index (κ1) is 21.7. The molecule has 4 rings (SSSR count). The van der Waals surface area contributed by atoms with Gasteiger partial charge in [0.1, 0.15) is 23.7 Å². The van der Waals surface area contributed by atoms with Crippen molar-refractivity contribution in [1.82, 2.24) is 9.97 Å². The molecule has 0 bridgehead atoms. The molecule has 0 spiro atoms. The van der Waals surface area contributed by atoms with Crippen molar-refractivity contribution in [3.05, 3.63) is 59.7 Å². The van der Waals surface area contributed by atoms with E-state index in [0.717, 1.165) is 12.8 Å². The van der Waals surface area contributed by atoms with E-state index in [2.05, 4.69) is 21.9 Å². The van der Waals surface area contributed by atoms with Crippen LogP contribution in [-0.4, -0.2) is 28.1 Å². The Morgan fingerprint density at radius 1 is 1.28 bits per heavy atom. The van der Waals surface area contributed by atoms with Gasteiger partial charge in [-0.3, -0.25) is 4.79 Å². The number of aliphatic hydroxyl groups is 1. The van der Waals surface area contributed by atoms with Crippen LogP contribution in [0.15, 0.2) is 37.2 Å². The lowest BCUT2D eigenvalue weighted by Gasteiger charge is -2.24. The van der Waals surface area contributed by atoms with Crippen molar-refractivity contribution in [2.75, 3.05) is 12.4 Å². The van der Waals surface area contributed by atoms with Gasteiger partial charge in [-0.05, 0) is 56.4 Å². The Kier molecular flexibility index (Phi) is 5.34. The number of carbonyl (C=O) groups excluding carboxylic acids is 1. The van der Waals surface area contributed by atoms with Gasteiger partial charge in [-0.1, -0.05) is 6.58 Å². The van der Waals surface area contributed by atoms with Gasteiger partial charge in [-0.15, -0.1) is 0 Å². The van der Waals surface area contributed by atoms with E-state index >= 15 is 0 Å². The number of anilines is 2. The lowest BCUT2D eigenvalue weighted by atomic mass is 9.93. The van der Waals surface area contributed by atoms with Crippen LogP contribution in [-0.2, 0) is 10.4 Å². The average Bonchev–Trinajstić information content (AvgIpc) is 3.57. The van der Waals surface area contributed by atoms with Gasteiger partial charge in [-0.25, -0.2) is 14.4 Å². The second kappa shape index (κ2) is 7.87. The summed E-state index contributed by atoms with van der Waals surface area (Å²) in [4.78, 5) is 20.4.